The summed E-state index contributed by atoms with van der Waals surface area (Å²) < 4.78 is 10.8. The highest BCUT2D eigenvalue weighted by Crippen LogP contribution is 2.64. The highest BCUT2D eigenvalue weighted by molar-refractivity contribution is 5.88. The summed E-state index contributed by atoms with van der Waals surface area (Å²) in [6, 6.07) is 0. The molecule has 0 unspecified atom stereocenters. The minimum absolute atomic E-state index is 0.110. The summed E-state index contributed by atoms with van der Waals surface area (Å²) in [6.45, 7) is 9.79. The van der Waals surface area contributed by atoms with Gasteiger partial charge in [0.2, 0.25) is 0 Å². The smallest absolute Gasteiger partial charge is 0.302 e. The highest BCUT2D eigenvalue weighted by Gasteiger charge is 2.69. The minimum atomic E-state index is -1.43. The molecule has 0 saturated heterocycles. The number of hydrogen-bond acceptors (Lipinski definition) is 8. The third kappa shape index (κ3) is 3.81. The van der Waals surface area contributed by atoms with E-state index in [0.717, 1.165) is 0 Å². The predicted molar refractivity (Wildman–Crippen MR) is 113 cm³/mol. The van der Waals surface area contributed by atoms with Crippen LogP contribution in [0.2, 0.25) is 0 Å². The van der Waals surface area contributed by atoms with Gasteiger partial charge in [-0.15, -0.1) is 0 Å². The number of Topliss-reactive ketones (excluding diaryl/α,β-unsaturated/α-hetero) is 1. The Balaban J connectivity index is 2.06. The molecule has 9 atom stereocenters. The van der Waals surface area contributed by atoms with Gasteiger partial charge >= 0.3 is 11.9 Å². The summed E-state index contributed by atoms with van der Waals surface area (Å²) in [5, 5.41) is 22.6. The van der Waals surface area contributed by atoms with Crippen molar-refractivity contribution in [1.82, 2.24) is 0 Å². The van der Waals surface area contributed by atoms with Crippen molar-refractivity contribution >= 4 is 24.0 Å². The van der Waals surface area contributed by atoms with Gasteiger partial charge in [-0.05, 0) is 36.7 Å². The zero-order valence-corrected chi connectivity index (χ0v) is 19.2. The second-order valence-corrected chi connectivity index (χ2v) is 10.2. The van der Waals surface area contributed by atoms with Crippen LogP contribution in [0.15, 0.2) is 12.2 Å². The van der Waals surface area contributed by atoms with Crippen molar-refractivity contribution in [3.05, 3.63) is 12.2 Å². The van der Waals surface area contributed by atoms with E-state index in [9.17, 15) is 29.4 Å². The lowest BCUT2D eigenvalue weighted by molar-refractivity contribution is -0.254. The number of aliphatic hydroxyl groups is 2. The largest absolute Gasteiger partial charge is 0.465 e. The van der Waals surface area contributed by atoms with Crippen LogP contribution < -0.4 is 0 Å². The molecule has 0 aromatic carbocycles. The lowest BCUT2D eigenvalue weighted by Gasteiger charge is -2.64. The van der Waals surface area contributed by atoms with E-state index >= 15 is 0 Å². The highest BCUT2D eigenvalue weighted by atomic mass is 16.6. The molecule has 0 heterocycles. The number of rotatable bonds is 5. The van der Waals surface area contributed by atoms with Crippen LogP contribution in [-0.4, -0.2) is 59.1 Å². The lowest BCUT2D eigenvalue weighted by atomic mass is 9.41. The number of ether oxygens (including phenoxy) is 2. The topological polar surface area (TPSA) is 127 Å². The van der Waals surface area contributed by atoms with Crippen LogP contribution in [0.5, 0.6) is 0 Å². The van der Waals surface area contributed by atoms with Gasteiger partial charge in [0.1, 0.15) is 25.1 Å². The maximum absolute atomic E-state index is 13.4. The van der Waals surface area contributed by atoms with Crippen LogP contribution in [0.4, 0.5) is 0 Å². The van der Waals surface area contributed by atoms with E-state index in [-0.39, 0.29) is 30.6 Å². The van der Waals surface area contributed by atoms with Crippen molar-refractivity contribution in [2.24, 2.45) is 34.5 Å². The van der Waals surface area contributed by atoms with Crippen LogP contribution in [0.25, 0.3) is 0 Å². The van der Waals surface area contributed by atoms with Gasteiger partial charge in [-0.1, -0.05) is 20.4 Å². The Morgan fingerprint density at radius 2 is 1.81 bits per heavy atom. The summed E-state index contributed by atoms with van der Waals surface area (Å²) in [6.07, 6.45) is -0.731. The van der Waals surface area contributed by atoms with E-state index in [1.807, 2.05) is 6.92 Å². The van der Waals surface area contributed by atoms with Gasteiger partial charge in [0.15, 0.2) is 5.78 Å². The lowest BCUT2D eigenvalue weighted by Crippen LogP contribution is -2.71. The molecule has 32 heavy (non-hydrogen) atoms. The van der Waals surface area contributed by atoms with Gasteiger partial charge < -0.3 is 19.7 Å². The molecule has 3 fully saturated rings. The molecule has 0 spiro atoms. The molecule has 2 N–H and O–H groups in total. The molecule has 0 aliphatic heterocycles. The molecule has 3 rings (SSSR count). The molecule has 3 saturated carbocycles. The first-order valence-electron chi connectivity index (χ1n) is 11.2. The van der Waals surface area contributed by atoms with Gasteiger partial charge in [-0.3, -0.25) is 19.2 Å². The molecule has 0 bridgehead atoms. The fraction of sp³-hybridized carbons (Fsp3) is 0.750. The normalized spacial score (nSPS) is 43.4. The van der Waals surface area contributed by atoms with Crippen LogP contribution >= 0.6 is 0 Å². The number of aldehydes is 1. The zero-order valence-electron chi connectivity index (χ0n) is 19.2. The van der Waals surface area contributed by atoms with Crippen LogP contribution in [0.3, 0.4) is 0 Å². The van der Waals surface area contributed by atoms with Crippen molar-refractivity contribution in [2.45, 2.75) is 71.7 Å². The van der Waals surface area contributed by atoms with Gasteiger partial charge in [-0.25, -0.2) is 0 Å². The Morgan fingerprint density at radius 1 is 1.16 bits per heavy atom. The summed E-state index contributed by atoms with van der Waals surface area (Å²) in [7, 11) is 0. The number of allylic oxidation sites excluding steroid dienone is 1. The SMILES string of the molecule is C=C(C=O)[C@@H]1CC[C@@H]2[C@@H](C1)C(=O)[C@@H](O)[C@@H]1[C@](C)(COC(C)=O)[C@@H](OC(C)=O)C[C@H](O)[C@@]21C. The first-order valence-corrected chi connectivity index (χ1v) is 11.2. The Hall–Kier alpha value is -2.06. The maximum Gasteiger partial charge on any atom is 0.302 e. The summed E-state index contributed by atoms with van der Waals surface area (Å²) in [5.41, 5.74) is -1.51. The minimum Gasteiger partial charge on any atom is -0.465 e. The van der Waals surface area contributed by atoms with Gasteiger partial charge in [-0.2, -0.15) is 0 Å². The van der Waals surface area contributed by atoms with E-state index in [1.54, 1.807) is 6.92 Å². The van der Waals surface area contributed by atoms with Crippen molar-refractivity contribution in [2.75, 3.05) is 6.61 Å². The number of ketones is 1. The predicted octanol–water partition coefficient (Wildman–Crippen LogP) is 1.61. The number of esters is 2. The van der Waals surface area contributed by atoms with Gasteiger partial charge in [0.05, 0.1) is 6.10 Å². The van der Waals surface area contributed by atoms with Gasteiger partial charge in [0.25, 0.3) is 0 Å². The molecule has 8 nitrogen and oxygen atoms in total. The monoisotopic (exact) mass is 450 g/mol. The van der Waals surface area contributed by atoms with E-state index in [2.05, 4.69) is 6.58 Å². The van der Waals surface area contributed by atoms with Crippen molar-refractivity contribution in [3.63, 3.8) is 0 Å². The average Bonchev–Trinajstić information content (AvgIpc) is 2.73. The van der Waals surface area contributed by atoms with Crippen LogP contribution in [-0.2, 0) is 28.7 Å². The van der Waals surface area contributed by atoms with E-state index < -0.39 is 52.9 Å². The molecule has 178 valence electrons. The van der Waals surface area contributed by atoms with Crippen LogP contribution in [0.1, 0.15) is 53.4 Å². The molecule has 0 amide bonds. The zero-order chi connectivity index (χ0) is 24.0. The fourth-order valence-electron chi connectivity index (χ4n) is 6.89. The first-order chi connectivity index (χ1) is 14.9. The van der Waals surface area contributed by atoms with Crippen molar-refractivity contribution < 1.29 is 38.9 Å². The van der Waals surface area contributed by atoms with Crippen molar-refractivity contribution in [1.29, 1.82) is 0 Å². The Kier molecular flexibility index (Phi) is 6.69. The first kappa shape index (κ1) is 24.6. The van der Waals surface area contributed by atoms with E-state index in [1.165, 1.54) is 13.8 Å². The quantitative estimate of drug-likeness (QED) is 0.367. The summed E-state index contributed by atoms with van der Waals surface area (Å²) in [4.78, 5) is 48.1. The van der Waals surface area contributed by atoms with Crippen LogP contribution in [0, 0.1) is 34.5 Å². The third-order valence-electron chi connectivity index (χ3n) is 8.46. The number of hydrogen-bond donors (Lipinski definition) is 2. The number of aliphatic hydroxyl groups excluding tert-OH is 2. The number of carbonyl (C=O) groups is 4. The molecule has 3 aliphatic carbocycles. The number of carbonyl (C=O) groups excluding carboxylic acids is 4. The van der Waals surface area contributed by atoms with Crippen molar-refractivity contribution in [3.8, 4) is 0 Å². The second kappa shape index (κ2) is 8.71. The standard InChI is InChI=1S/C24H34O8/c1-12(10-25)15-6-7-17-16(8-15)20(29)21(30)22-23(4,11-31-13(2)26)19(32-14(3)27)9-18(28)24(17,22)5/h10,15-19,21-22,28,30H,1,6-9,11H2,2-5H3/t15-,16-,17-,18+,19+,21-,22-,23-,24-/m1/s1. The summed E-state index contributed by atoms with van der Waals surface area (Å²) in [5.74, 6) is -3.09. The Morgan fingerprint density at radius 3 is 2.38 bits per heavy atom. The fourth-order valence-corrected chi connectivity index (χ4v) is 6.89. The molecule has 0 aromatic rings. The molecule has 8 heteroatoms. The number of fused-ring (bicyclic) bond motifs is 3. The average molecular weight is 451 g/mol. The molecule has 0 radical (unpaired) electrons. The second-order valence-electron chi connectivity index (χ2n) is 10.2. The Labute approximate surface area is 188 Å². The summed E-state index contributed by atoms with van der Waals surface area (Å²) >= 11 is 0. The van der Waals surface area contributed by atoms with E-state index in [4.69, 9.17) is 9.47 Å². The maximum atomic E-state index is 13.4. The Bertz CT molecular complexity index is 821. The molecular weight excluding hydrogens is 416 g/mol. The van der Waals surface area contributed by atoms with E-state index in [0.29, 0.717) is 31.1 Å². The van der Waals surface area contributed by atoms with Gasteiger partial charge in [0, 0.05) is 42.9 Å². The molecule has 3 aliphatic rings. The molecule has 0 aromatic heterocycles. The molecular formula is C24H34O8. The third-order valence-corrected chi connectivity index (χ3v) is 8.46.